The molecule has 1 aliphatic heterocycles. The molecule has 0 amide bonds. The Morgan fingerprint density at radius 3 is 2.28 bits per heavy atom. The second kappa shape index (κ2) is 6.36. The highest BCUT2D eigenvalue weighted by Crippen LogP contribution is 2.40. The van der Waals surface area contributed by atoms with Gasteiger partial charge < -0.3 is 10.1 Å². The normalized spacial score (nSPS) is 26.7. The van der Waals surface area contributed by atoms with Crippen LogP contribution in [0.1, 0.15) is 46.5 Å². The third kappa shape index (κ3) is 2.73. The first-order chi connectivity index (χ1) is 8.70. The van der Waals surface area contributed by atoms with Gasteiger partial charge >= 0.3 is 0 Å². The summed E-state index contributed by atoms with van der Waals surface area (Å²) in [6.07, 6.45) is 5.52. The fourth-order valence-corrected chi connectivity index (χ4v) is 4.09. The zero-order valence-corrected chi connectivity index (χ0v) is 12.4. The molecule has 18 heavy (non-hydrogen) atoms. The Bertz CT molecular complexity index is 243. The molecule has 3 nitrogen and oxygen atoms in total. The van der Waals surface area contributed by atoms with Gasteiger partial charge in [-0.25, -0.2) is 0 Å². The van der Waals surface area contributed by atoms with Crippen molar-refractivity contribution in [3.63, 3.8) is 0 Å². The van der Waals surface area contributed by atoms with Crippen molar-refractivity contribution in [2.75, 3.05) is 32.8 Å². The smallest absolute Gasteiger partial charge is 0.0594 e. The zero-order valence-electron chi connectivity index (χ0n) is 12.4. The van der Waals surface area contributed by atoms with E-state index >= 15 is 0 Å². The van der Waals surface area contributed by atoms with E-state index < -0.39 is 0 Å². The highest BCUT2D eigenvalue weighted by molar-refractivity contribution is 5.05. The van der Waals surface area contributed by atoms with E-state index in [1.54, 1.807) is 0 Å². The minimum absolute atomic E-state index is 0.397. The molecule has 2 aliphatic rings. The van der Waals surface area contributed by atoms with E-state index in [9.17, 15) is 0 Å². The van der Waals surface area contributed by atoms with Crippen LogP contribution in [0, 0.1) is 5.92 Å². The minimum atomic E-state index is 0.397. The van der Waals surface area contributed by atoms with Crippen molar-refractivity contribution >= 4 is 0 Å². The van der Waals surface area contributed by atoms with Crippen molar-refractivity contribution in [3.05, 3.63) is 0 Å². The van der Waals surface area contributed by atoms with Gasteiger partial charge in [0, 0.05) is 24.7 Å². The molecule has 2 rings (SSSR count). The van der Waals surface area contributed by atoms with E-state index in [2.05, 4.69) is 31.0 Å². The molecular formula is C15H30N2O. The molecule has 0 aromatic heterocycles. The third-order valence-electron chi connectivity index (χ3n) is 4.78. The van der Waals surface area contributed by atoms with E-state index in [0.717, 1.165) is 32.8 Å². The van der Waals surface area contributed by atoms with Gasteiger partial charge in [-0.1, -0.05) is 33.6 Å². The Morgan fingerprint density at radius 1 is 1.17 bits per heavy atom. The molecule has 106 valence electrons. The van der Waals surface area contributed by atoms with Gasteiger partial charge in [-0.2, -0.15) is 0 Å². The predicted octanol–water partition coefficient (Wildman–Crippen LogP) is 2.27. The maximum absolute atomic E-state index is 5.54. The van der Waals surface area contributed by atoms with Crippen molar-refractivity contribution < 1.29 is 4.74 Å². The quantitative estimate of drug-likeness (QED) is 0.814. The molecule has 1 atom stereocenters. The monoisotopic (exact) mass is 254 g/mol. The van der Waals surface area contributed by atoms with Gasteiger partial charge in [0.2, 0.25) is 0 Å². The summed E-state index contributed by atoms with van der Waals surface area (Å²) in [6.45, 7) is 12.1. The molecule has 1 saturated heterocycles. The lowest BCUT2D eigenvalue weighted by Crippen LogP contribution is -2.64. The standard InChI is InChI=1S/C15H30N2O/c1-4-16-14(13(2)3)15(7-5-6-8-15)17-9-11-18-12-10-17/h13-14,16H,4-12H2,1-3H3. The van der Waals surface area contributed by atoms with Crippen LogP contribution in [0.4, 0.5) is 0 Å². The number of nitrogens with zero attached hydrogens (tertiary/aromatic N) is 1. The zero-order chi connectivity index (χ0) is 13.0. The summed E-state index contributed by atoms with van der Waals surface area (Å²) in [7, 11) is 0. The van der Waals surface area contributed by atoms with Crippen LogP contribution in [0.25, 0.3) is 0 Å². The van der Waals surface area contributed by atoms with E-state index in [1.165, 1.54) is 25.7 Å². The van der Waals surface area contributed by atoms with Crippen LogP contribution in [0.15, 0.2) is 0 Å². The second-order valence-corrected chi connectivity index (χ2v) is 6.19. The molecule has 0 radical (unpaired) electrons. The number of hydrogen-bond acceptors (Lipinski definition) is 3. The molecule has 0 aromatic carbocycles. The minimum Gasteiger partial charge on any atom is -0.379 e. The van der Waals surface area contributed by atoms with Crippen LogP contribution in [0.3, 0.4) is 0 Å². The number of nitrogens with one attached hydrogen (secondary N) is 1. The molecule has 3 heteroatoms. The summed E-state index contributed by atoms with van der Waals surface area (Å²) >= 11 is 0. The van der Waals surface area contributed by atoms with Crippen molar-refractivity contribution in [2.24, 2.45) is 5.92 Å². The number of morpholine rings is 1. The topological polar surface area (TPSA) is 24.5 Å². The van der Waals surface area contributed by atoms with Gasteiger partial charge in [-0.3, -0.25) is 4.90 Å². The van der Waals surface area contributed by atoms with Crippen molar-refractivity contribution in [1.29, 1.82) is 0 Å². The van der Waals surface area contributed by atoms with Crippen LogP contribution in [-0.2, 0) is 4.74 Å². The summed E-state index contributed by atoms with van der Waals surface area (Å²) in [5.41, 5.74) is 0.397. The van der Waals surface area contributed by atoms with Crippen molar-refractivity contribution in [2.45, 2.75) is 58.0 Å². The molecular weight excluding hydrogens is 224 g/mol. The first-order valence-corrected chi connectivity index (χ1v) is 7.77. The number of ether oxygens (including phenoxy) is 1. The van der Waals surface area contributed by atoms with Gasteiger partial charge in [0.25, 0.3) is 0 Å². The van der Waals surface area contributed by atoms with Crippen LogP contribution >= 0.6 is 0 Å². The summed E-state index contributed by atoms with van der Waals surface area (Å²) < 4.78 is 5.54. The first-order valence-electron chi connectivity index (χ1n) is 7.77. The molecule has 0 aromatic rings. The third-order valence-corrected chi connectivity index (χ3v) is 4.78. The second-order valence-electron chi connectivity index (χ2n) is 6.19. The van der Waals surface area contributed by atoms with E-state index in [-0.39, 0.29) is 0 Å². The maximum Gasteiger partial charge on any atom is 0.0594 e. The Labute approximate surface area is 112 Å². The molecule has 1 unspecified atom stereocenters. The largest absolute Gasteiger partial charge is 0.379 e. The summed E-state index contributed by atoms with van der Waals surface area (Å²) in [4.78, 5) is 2.73. The van der Waals surface area contributed by atoms with E-state index in [0.29, 0.717) is 17.5 Å². The molecule has 0 spiro atoms. The Morgan fingerprint density at radius 2 is 1.78 bits per heavy atom. The average molecular weight is 254 g/mol. The lowest BCUT2D eigenvalue weighted by Gasteiger charge is -2.50. The first kappa shape index (κ1) is 14.3. The van der Waals surface area contributed by atoms with Gasteiger partial charge in [0.1, 0.15) is 0 Å². The van der Waals surface area contributed by atoms with E-state index in [1.807, 2.05) is 0 Å². The van der Waals surface area contributed by atoms with Gasteiger partial charge in [-0.05, 0) is 25.3 Å². The molecule has 0 bridgehead atoms. The van der Waals surface area contributed by atoms with Crippen LogP contribution in [-0.4, -0.2) is 49.3 Å². The summed E-state index contributed by atoms with van der Waals surface area (Å²) in [5.74, 6) is 0.700. The van der Waals surface area contributed by atoms with Gasteiger partial charge in [0.05, 0.1) is 13.2 Å². The van der Waals surface area contributed by atoms with Gasteiger partial charge in [-0.15, -0.1) is 0 Å². The van der Waals surface area contributed by atoms with Crippen LogP contribution in [0.5, 0.6) is 0 Å². The number of likely N-dealkylation sites (N-methyl/N-ethyl adjacent to an activating group) is 1. The number of rotatable bonds is 5. The molecule has 2 fully saturated rings. The van der Waals surface area contributed by atoms with Crippen molar-refractivity contribution in [3.8, 4) is 0 Å². The predicted molar refractivity (Wildman–Crippen MR) is 75.9 cm³/mol. The summed E-state index contributed by atoms with van der Waals surface area (Å²) in [6, 6.07) is 0.628. The van der Waals surface area contributed by atoms with Gasteiger partial charge in [0.15, 0.2) is 0 Å². The molecule has 1 heterocycles. The Balaban J connectivity index is 2.17. The Kier molecular flexibility index (Phi) is 5.05. The number of hydrogen-bond donors (Lipinski definition) is 1. The van der Waals surface area contributed by atoms with Crippen LogP contribution in [0.2, 0.25) is 0 Å². The molecule has 1 N–H and O–H groups in total. The summed E-state index contributed by atoms with van der Waals surface area (Å²) in [5, 5.41) is 3.78. The van der Waals surface area contributed by atoms with Crippen molar-refractivity contribution in [1.82, 2.24) is 10.2 Å². The molecule has 1 aliphatic carbocycles. The Hall–Kier alpha value is -0.120. The average Bonchev–Trinajstić information content (AvgIpc) is 2.87. The molecule has 1 saturated carbocycles. The van der Waals surface area contributed by atoms with Crippen LogP contribution < -0.4 is 5.32 Å². The maximum atomic E-state index is 5.54. The lowest BCUT2D eigenvalue weighted by molar-refractivity contribution is -0.0422. The fraction of sp³-hybridized carbons (Fsp3) is 1.00. The SMILES string of the molecule is CCNC(C(C)C)C1(N2CCOCC2)CCCC1. The fourth-order valence-electron chi connectivity index (χ4n) is 4.09. The lowest BCUT2D eigenvalue weighted by atomic mass is 9.79. The highest BCUT2D eigenvalue weighted by Gasteiger charge is 2.46. The highest BCUT2D eigenvalue weighted by atomic mass is 16.5. The van der Waals surface area contributed by atoms with E-state index in [4.69, 9.17) is 4.74 Å².